The molecule has 0 aliphatic rings. The second-order valence-electron chi connectivity index (χ2n) is 7.76. The van der Waals surface area contributed by atoms with E-state index in [1.165, 1.54) is 38.5 Å². The van der Waals surface area contributed by atoms with Gasteiger partial charge in [-0.05, 0) is 32.1 Å². The highest BCUT2D eigenvalue weighted by atomic mass is 16.5. The number of aliphatic hydroxyl groups excluding tert-OH is 1. The molecule has 7 heteroatoms. The summed E-state index contributed by atoms with van der Waals surface area (Å²) in [6, 6.07) is 0. The summed E-state index contributed by atoms with van der Waals surface area (Å²) in [6.45, 7) is 2.22. The third-order valence-electron chi connectivity index (χ3n) is 5.22. The van der Waals surface area contributed by atoms with E-state index >= 15 is 0 Å². The first-order chi connectivity index (χ1) is 14.3. The molecule has 0 heterocycles. The van der Waals surface area contributed by atoms with E-state index in [0.29, 0.717) is 12.8 Å². The van der Waals surface area contributed by atoms with Crippen LogP contribution < -0.4 is 0 Å². The molecule has 0 rings (SSSR count). The zero-order valence-electron chi connectivity index (χ0n) is 18.6. The lowest BCUT2D eigenvalue weighted by Gasteiger charge is -2.26. The first-order valence-corrected chi connectivity index (χ1v) is 11.2. The molecule has 0 bridgehead atoms. The third-order valence-corrected chi connectivity index (χ3v) is 5.22. The monoisotopic (exact) mass is 428 g/mol. The van der Waals surface area contributed by atoms with Gasteiger partial charge in [0, 0.05) is 6.42 Å². The van der Waals surface area contributed by atoms with Crippen LogP contribution in [-0.2, 0) is 19.1 Å². The van der Waals surface area contributed by atoms with Crippen molar-refractivity contribution >= 4 is 17.7 Å². The predicted molar refractivity (Wildman–Crippen MR) is 115 cm³/mol. The second-order valence-corrected chi connectivity index (χ2v) is 7.76. The summed E-state index contributed by atoms with van der Waals surface area (Å²) >= 11 is 0. The predicted octanol–water partition coefficient (Wildman–Crippen LogP) is 3.94. The molecule has 0 aromatic heterocycles. The number of ether oxygens (including phenoxy) is 1. The fourth-order valence-corrected chi connectivity index (χ4v) is 3.26. The molecule has 0 aromatic rings. The highest BCUT2D eigenvalue weighted by molar-refractivity contribution is 6.10. The van der Waals surface area contributed by atoms with Crippen molar-refractivity contribution in [2.75, 3.05) is 7.11 Å². The SMILES string of the molecule is CCCCCCCCC=CCCCCCCCC(=O)C(O)(C(=O)OC)C(O)C(=O)O. The Kier molecular flexibility index (Phi) is 16.0. The molecule has 2 atom stereocenters. The second kappa shape index (κ2) is 17.0. The molecular weight excluding hydrogens is 388 g/mol. The molecule has 174 valence electrons. The highest BCUT2D eigenvalue weighted by Gasteiger charge is 2.54. The minimum absolute atomic E-state index is 0.200. The van der Waals surface area contributed by atoms with Crippen LogP contribution in [-0.4, -0.2) is 51.9 Å². The molecule has 30 heavy (non-hydrogen) atoms. The van der Waals surface area contributed by atoms with E-state index < -0.39 is 29.4 Å². The van der Waals surface area contributed by atoms with Gasteiger partial charge >= 0.3 is 11.9 Å². The summed E-state index contributed by atoms with van der Waals surface area (Å²) in [5.74, 6) is -4.36. The van der Waals surface area contributed by atoms with Gasteiger partial charge in [-0.3, -0.25) is 4.79 Å². The zero-order valence-corrected chi connectivity index (χ0v) is 18.6. The number of carbonyl (C=O) groups is 3. The van der Waals surface area contributed by atoms with Crippen molar-refractivity contribution < 1.29 is 34.4 Å². The molecule has 0 aromatic carbocycles. The van der Waals surface area contributed by atoms with E-state index in [-0.39, 0.29) is 6.42 Å². The fraction of sp³-hybridized carbons (Fsp3) is 0.783. The topological polar surface area (TPSA) is 121 Å². The number of methoxy groups -OCH3 is 1. The van der Waals surface area contributed by atoms with Gasteiger partial charge in [-0.15, -0.1) is 0 Å². The summed E-state index contributed by atoms with van der Waals surface area (Å²) in [5.41, 5.74) is -3.07. The Labute approximate surface area is 180 Å². The van der Waals surface area contributed by atoms with Crippen LogP contribution >= 0.6 is 0 Å². The average molecular weight is 429 g/mol. The van der Waals surface area contributed by atoms with E-state index in [1.807, 2.05) is 0 Å². The Balaban J connectivity index is 3.91. The van der Waals surface area contributed by atoms with Crippen LogP contribution in [0.25, 0.3) is 0 Å². The standard InChI is InChI=1S/C23H40O7/c1-3-4-5-6-7-8-9-10-11-12-13-14-15-16-17-18-19(24)23(29,22(28)30-2)20(25)21(26)27/h10-11,20,25,29H,3-9,12-18H2,1-2H3,(H,26,27). The summed E-state index contributed by atoms with van der Waals surface area (Å²) in [5, 5.41) is 28.5. The smallest absolute Gasteiger partial charge is 0.349 e. The van der Waals surface area contributed by atoms with Crippen LogP contribution in [0.1, 0.15) is 96.8 Å². The minimum Gasteiger partial charge on any atom is -0.479 e. The maximum atomic E-state index is 12.2. The van der Waals surface area contributed by atoms with Gasteiger partial charge in [-0.1, -0.05) is 70.4 Å². The van der Waals surface area contributed by atoms with E-state index in [9.17, 15) is 24.6 Å². The Morgan fingerprint density at radius 1 is 0.867 bits per heavy atom. The van der Waals surface area contributed by atoms with E-state index in [0.717, 1.165) is 39.2 Å². The maximum Gasteiger partial charge on any atom is 0.349 e. The number of aliphatic hydroxyl groups is 2. The molecular formula is C23H40O7. The van der Waals surface area contributed by atoms with Crippen LogP contribution in [0.2, 0.25) is 0 Å². The Hall–Kier alpha value is -1.73. The number of unbranched alkanes of at least 4 members (excludes halogenated alkanes) is 11. The van der Waals surface area contributed by atoms with Gasteiger partial charge in [0.15, 0.2) is 11.9 Å². The Morgan fingerprint density at radius 3 is 1.80 bits per heavy atom. The summed E-state index contributed by atoms with van der Waals surface area (Å²) < 4.78 is 4.30. The van der Waals surface area contributed by atoms with Crippen LogP contribution in [0.5, 0.6) is 0 Å². The number of carboxylic acids is 1. The van der Waals surface area contributed by atoms with E-state index in [1.54, 1.807) is 0 Å². The number of allylic oxidation sites excluding steroid dienone is 2. The summed E-state index contributed by atoms with van der Waals surface area (Å²) in [4.78, 5) is 34.7. The zero-order chi connectivity index (χ0) is 22.8. The Bertz CT molecular complexity index is 530. The number of Topliss-reactive ketones (excluding diaryl/α,β-unsaturated/α-hetero) is 1. The van der Waals surface area contributed by atoms with Crippen LogP contribution in [0.3, 0.4) is 0 Å². The summed E-state index contributed by atoms with van der Waals surface area (Å²) in [6.07, 6.45) is 15.8. The van der Waals surface area contributed by atoms with Crippen molar-refractivity contribution in [1.82, 2.24) is 0 Å². The molecule has 7 nitrogen and oxygen atoms in total. The van der Waals surface area contributed by atoms with Gasteiger partial charge in [0.25, 0.3) is 5.60 Å². The van der Waals surface area contributed by atoms with Crippen molar-refractivity contribution in [3.63, 3.8) is 0 Å². The van der Waals surface area contributed by atoms with E-state index in [2.05, 4.69) is 23.8 Å². The molecule has 0 fully saturated rings. The number of aliphatic carboxylic acids is 1. The fourth-order valence-electron chi connectivity index (χ4n) is 3.26. The quantitative estimate of drug-likeness (QED) is 0.123. The molecule has 3 N–H and O–H groups in total. The van der Waals surface area contributed by atoms with Crippen LogP contribution in [0, 0.1) is 0 Å². The van der Waals surface area contributed by atoms with Gasteiger partial charge in [0.1, 0.15) is 0 Å². The molecule has 0 aliphatic carbocycles. The van der Waals surface area contributed by atoms with Crippen molar-refractivity contribution in [1.29, 1.82) is 0 Å². The van der Waals surface area contributed by atoms with Crippen molar-refractivity contribution in [3.8, 4) is 0 Å². The molecule has 0 spiro atoms. The molecule has 0 saturated heterocycles. The summed E-state index contributed by atoms with van der Waals surface area (Å²) in [7, 11) is 0.914. The molecule has 2 unspecified atom stereocenters. The highest BCUT2D eigenvalue weighted by Crippen LogP contribution is 2.19. The average Bonchev–Trinajstić information content (AvgIpc) is 2.74. The normalized spacial score (nSPS) is 14.4. The molecule has 0 aliphatic heterocycles. The van der Waals surface area contributed by atoms with Gasteiger partial charge in [-0.2, -0.15) is 0 Å². The van der Waals surface area contributed by atoms with Gasteiger partial charge in [0.05, 0.1) is 7.11 Å². The number of hydrogen-bond donors (Lipinski definition) is 3. The van der Waals surface area contributed by atoms with Crippen molar-refractivity contribution in [2.45, 2.75) is 109 Å². The number of ketones is 1. The lowest BCUT2D eigenvalue weighted by atomic mass is 9.88. The largest absolute Gasteiger partial charge is 0.479 e. The number of carbonyl (C=O) groups excluding carboxylic acids is 2. The molecule has 0 saturated carbocycles. The Morgan fingerprint density at radius 2 is 1.33 bits per heavy atom. The third kappa shape index (κ3) is 10.9. The van der Waals surface area contributed by atoms with E-state index in [4.69, 9.17) is 5.11 Å². The first-order valence-electron chi connectivity index (χ1n) is 11.2. The van der Waals surface area contributed by atoms with Crippen molar-refractivity contribution in [2.24, 2.45) is 0 Å². The number of esters is 1. The minimum atomic E-state index is -3.07. The van der Waals surface area contributed by atoms with Crippen molar-refractivity contribution in [3.05, 3.63) is 12.2 Å². The lowest BCUT2D eigenvalue weighted by Crippen LogP contribution is -2.59. The van der Waals surface area contributed by atoms with Gasteiger partial charge < -0.3 is 20.1 Å². The van der Waals surface area contributed by atoms with Crippen LogP contribution in [0.15, 0.2) is 12.2 Å². The molecule has 0 amide bonds. The number of carboxylic acid groups (broad SMARTS) is 1. The number of rotatable bonds is 19. The van der Waals surface area contributed by atoms with Gasteiger partial charge in [0.2, 0.25) is 0 Å². The maximum absolute atomic E-state index is 12.2. The lowest BCUT2D eigenvalue weighted by molar-refractivity contribution is -0.188. The first kappa shape index (κ1) is 28.3. The van der Waals surface area contributed by atoms with Gasteiger partial charge in [-0.25, -0.2) is 9.59 Å². The number of hydrogen-bond acceptors (Lipinski definition) is 6. The molecule has 0 radical (unpaired) electrons. The van der Waals surface area contributed by atoms with Crippen LogP contribution in [0.4, 0.5) is 0 Å².